The van der Waals surface area contributed by atoms with Crippen LogP contribution in [0, 0.1) is 6.92 Å². The minimum atomic E-state index is -0.162. The van der Waals surface area contributed by atoms with Crippen molar-refractivity contribution < 1.29 is 4.79 Å². The second-order valence-electron chi connectivity index (χ2n) is 4.89. The molecule has 4 nitrogen and oxygen atoms in total. The molecule has 0 atom stereocenters. The second-order valence-corrected chi connectivity index (χ2v) is 5.74. The first-order valence-corrected chi connectivity index (χ1v) is 7.35. The summed E-state index contributed by atoms with van der Waals surface area (Å²) in [6, 6.07) is 13.5. The average molecular weight is 344 g/mol. The molecule has 0 fully saturated rings. The number of rotatable bonds is 2. The molecule has 0 saturated carbocycles. The summed E-state index contributed by atoms with van der Waals surface area (Å²) in [6.45, 7) is 1.87. The Balaban J connectivity index is 2.01. The van der Waals surface area contributed by atoms with Crippen molar-refractivity contribution in [1.29, 1.82) is 0 Å². The highest BCUT2D eigenvalue weighted by molar-refractivity contribution is 9.10. The van der Waals surface area contributed by atoms with Gasteiger partial charge in [-0.2, -0.15) is 5.10 Å². The number of hydrogen-bond donors (Lipinski definition) is 1. The Kier molecular flexibility index (Phi) is 3.51. The lowest BCUT2D eigenvalue weighted by Gasteiger charge is -2.10. The van der Waals surface area contributed by atoms with Crippen LogP contribution in [0.1, 0.15) is 16.2 Å². The van der Waals surface area contributed by atoms with Crippen LogP contribution in [0.3, 0.4) is 0 Å². The summed E-state index contributed by atoms with van der Waals surface area (Å²) < 4.78 is 2.60. The number of fused-ring (bicyclic) bond motifs is 1. The molecule has 1 amide bonds. The molecule has 0 radical (unpaired) electrons. The summed E-state index contributed by atoms with van der Waals surface area (Å²) in [7, 11) is 1.77. The summed E-state index contributed by atoms with van der Waals surface area (Å²) in [6.07, 6.45) is 0. The molecular weight excluding hydrogens is 330 g/mol. The molecule has 0 aliphatic rings. The normalized spacial score (nSPS) is 10.8. The van der Waals surface area contributed by atoms with Crippen LogP contribution in [0.5, 0.6) is 0 Å². The number of carbonyl (C=O) groups is 1. The molecule has 0 aliphatic carbocycles. The fourth-order valence-corrected chi connectivity index (χ4v) is 2.86. The van der Waals surface area contributed by atoms with Gasteiger partial charge in [0.15, 0.2) is 0 Å². The van der Waals surface area contributed by atoms with Gasteiger partial charge in [0, 0.05) is 22.6 Å². The quantitative estimate of drug-likeness (QED) is 0.767. The SMILES string of the molecule is Cc1cc(C(=O)Nc2ccc(Br)c3ccccc23)n(C)n1. The summed E-state index contributed by atoms with van der Waals surface area (Å²) >= 11 is 3.53. The van der Waals surface area contributed by atoms with E-state index < -0.39 is 0 Å². The molecule has 0 spiro atoms. The number of hydrogen-bond acceptors (Lipinski definition) is 2. The van der Waals surface area contributed by atoms with Crippen molar-refractivity contribution in [2.75, 3.05) is 5.32 Å². The number of benzene rings is 2. The Morgan fingerprint density at radius 2 is 1.90 bits per heavy atom. The third kappa shape index (κ3) is 2.56. The van der Waals surface area contributed by atoms with E-state index in [2.05, 4.69) is 26.3 Å². The van der Waals surface area contributed by atoms with Gasteiger partial charge in [0.05, 0.1) is 5.69 Å². The van der Waals surface area contributed by atoms with Crippen LogP contribution in [0.15, 0.2) is 46.9 Å². The molecule has 0 aliphatic heterocycles. The first-order valence-electron chi connectivity index (χ1n) is 6.55. The summed E-state index contributed by atoms with van der Waals surface area (Å²) in [5.74, 6) is -0.162. The first kappa shape index (κ1) is 13.8. The number of nitrogens with one attached hydrogen (secondary N) is 1. The Hall–Kier alpha value is -2.14. The van der Waals surface area contributed by atoms with E-state index >= 15 is 0 Å². The van der Waals surface area contributed by atoms with Crippen molar-refractivity contribution in [3.05, 3.63) is 58.3 Å². The van der Waals surface area contributed by atoms with Gasteiger partial charge in [-0.1, -0.05) is 40.2 Å². The maximum atomic E-state index is 12.4. The van der Waals surface area contributed by atoms with Crippen LogP contribution in [0.25, 0.3) is 10.8 Å². The van der Waals surface area contributed by atoms with Gasteiger partial charge in [-0.25, -0.2) is 0 Å². The van der Waals surface area contributed by atoms with E-state index in [1.807, 2.05) is 43.3 Å². The number of amides is 1. The number of aromatic nitrogens is 2. The van der Waals surface area contributed by atoms with Gasteiger partial charge in [0.2, 0.25) is 0 Å². The van der Waals surface area contributed by atoms with E-state index in [1.165, 1.54) is 0 Å². The van der Waals surface area contributed by atoms with Crippen LogP contribution < -0.4 is 5.32 Å². The standard InChI is InChI=1S/C16H14BrN3O/c1-10-9-15(20(2)19-10)16(21)18-14-8-7-13(17)11-5-3-4-6-12(11)14/h3-9H,1-2H3,(H,18,21). The summed E-state index contributed by atoms with van der Waals surface area (Å²) in [5, 5.41) is 9.23. The van der Waals surface area contributed by atoms with E-state index in [4.69, 9.17) is 0 Å². The largest absolute Gasteiger partial charge is 0.320 e. The van der Waals surface area contributed by atoms with Crippen molar-refractivity contribution in [3.8, 4) is 0 Å². The zero-order chi connectivity index (χ0) is 15.0. The zero-order valence-electron chi connectivity index (χ0n) is 11.7. The molecule has 0 unspecified atom stereocenters. The number of anilines is 1. The van der Waals surface area contributed by atoms with E-state index in [0.717, 1.165) is 26.6 Å². The monoisotopic (exact) mass is 343 g/mol. The Labute approximate surface area is 130 Å². The fraction of sp³-hybridized carbons (Fsp3) is 0.125. The molecule has 5 heteroatoms. The van der Waals surface area contributed by atoms with Gasteiger partial charge in [0.1, 0.15) is 5.69 Å². The minimum Gasteiger partial charge on any atom is -0.320 e. The first-order chi connectivity index (χ1) is 10.1. The van der Waals surface area contributed by atoms with E-state index in [-0.39, 0.29) is 5.91 Å². The molecule has 0 bridgehead atoms. The van der Waals surface area contributed by atoms with Crippen molar-refractivity contribution >= 4 is 38.3 Å². The molecular formula is C16H14BrN3O. The molecule has 1 heterocycles. The third-order valence-electron chi connectivity index (χ3n) is 3.35. The Morgan fingerprint density at radius 3 is 2.57 bits per heavy atom. The molecule has 1 N–H and O–H groups in total. The molecule has 2 aromatic carbocycles. The van der Waals surface area contributed by atoms with Gasteiger partial charge in [-0.3, -0.25) is 9.48 Å². The molecule has 21 heavy (non-hydrogen) atoms. The van der Waals surface area contributed by atoms with Crippen molar-refractivity contribution in [1.82, 2.24) is 9.78 Å². The Bertz CT molecular complexity index is 839. The summed E-state index contributed by atoms with van der Waals surface area (Å²) in [5.41, 5.74) is 2.15. The maximum absolute atomic E-state index is 12.4. The lowest BCUT2D eigenvalue weighted by Crippen LogP contribution is -2.16. The Morgan fingerprint density at radius 1 is 1.19 bits per heavy atom. The zero-order valence-corrected chi connectivity index (χ0v) is 13.3. The van der Waals surface area contributed by atoms with Crippen LogP contribution in [0.2, 0.25) is 0 Å². The van der Waals surface area contributed by atoms with E-state index in [0.29, 0.717) is 5.69 Å². The predicted molar refractivity (Wildman–Crippen MR) is 87.5 cm³/mol. The highest BCUT2D eigenvalue weighted by atomic mass is 79.9. The molecule has 3 aromatic rings. The van der Waals surface area contributed by atoms with Crippen molar-refractivity contribution in [3.63, 3.8) is 0 Å². The van der Waals surface area contributed by atoms with Gasteiger partial charge in [-0.05, 0) is 30.5 Å². The van der Waals surface area contributed by atoms with Gasteiger partial charge < -0.3 is 5.32 Å². The predicted octanol–water partition coefficient (Wildman–Crippen LogP) is 3.90. The van der Waals surface area contributed by atoms with Crippen LogP contribution >= 0.6 is 15.9 Å². The van der Waals surface area contributed by atoms with Crippen molar-refractivity contribution in [2.24, 2.45) is 7.05 Å². The van der Waals surface area contributed by atoms with Gasteiger partial charge >= 0.3 is 0 Å². The number of carbonyl (C=O) groups excluding carboxylic acids is 1. The maximum Gasteiger partial charge on any atom is 0.273 e. The number of nitrogens with zero attached hydrogens (tertiary/aromatic N) is 2. The highest BCUT2D eigenvalue weighted by Gasteiger charge is 2.13. The topological polar surface area (TPSA) is 46.9 Å². The lowest BCUT2D eigenvalue weighted by molar-refractivity contribution is 0.101. The molecule has 1 aromatic heterocycles. The number of halogens is 1. The number of aryl methyl sites for hydroxylation is 2. The smallest absolute Gasteiger partial charge is 0.273 e. The van der Waals surface area contributed by atoms with Crippen LogP contribution in [-0.4, -0.2) is 15.7 Å². The van der Waals surface area contributed by atoms with Crippen LogP contribution in [-0.2, 0) is 7.05 Å². The van der Waals surface area contributed by atoms with Gasteiger partial charge in [0.25, 0.3) is 5.91 Å². The second kappa shape index (κ2) is 5.33. The van der Waals surface area contributed by atoms with Crippen molar-refractivity contribution in [2.45, 2.75) is 6.92 Å². The van der Waals surface area contributed by atoms with Crippen LogP contribution in [0.4, 0.5) is 5.69 Å². The lowest BCUT2D eigenvalue weighted by atomic mass is 10.1. The molecule has 3 rings (SSSR count). The molecule has 0 saturated heterocycles. The van der Waals surface area contributed by atoms with Gasteiger partial charge in [-0.15, -0.1) is 0 Å². The van der Waals surface area contributed by atoms with E-state index in [1.54, 1.807) is 17.8 Å². The highest BCUT2D eigenvalue weighted by Crippen LogP contribution is 2.30. The average Bonchev–Trinajstić information content (AvgIpc) is 2.81. The fourth-order valence-electron chi connectivity index (χ4n) is 2.38. The van der Waals surface area contributed by atoms with E-state index in [9.17, 15) is 4.79 Å². The minimum absolute atomic E-state index is 0.162. The summed E-state index contributed by atoms with van der Waals surface area (Å²) in [4.78, 5) is 12.4. The molecule has 106 valence electrons. The third-order valence-corrected chi connectivity index (χ3v) is 4.05.